The summed E-state index contributed by atoms with van der Waals surface area (Å²) in [6, 6.07) is 18.3. The van der Waals surface area contributed by atoms with Crippen molar-refractivity contribution in [1.82, 2.24) is 9.78 Å². The molecule has 1 heterocycles. The molecule has 0 aliphatic carbocycles. The van der Waals surface area contributed by atoms with Crippen LogP contribution < -0.4 is 5.56 Å². The maximum Gasteiger partial charge on any atom is 0.268 e. The molecule has 3 aromatic rings. The number of aromatic amines is 1. The summed E-state index contributed by atoms with van der Waals surface area (Å²) in [5.74, 6) is 0. The van der Waals surface area contributed by atoms with Crippen molar-refractivity contribution in [2.24, 2.45) is 0 Å². The molecule has 0 radical (unpaired) electrons. The molecular weight excluding hydrogens is 284 g/mol. The molecule has 1 aromatic heterocycles. The standard InChI is InChI=1S/C20H22N2O/c1-3-4-10-18-19(16-8-6-5-7-9-16)22(21-20(18)23)17-13-11-15(2)12-14-17/h5-9,11-14H,3-4,10H2,1-2H3,(H,21,23). The number of benzene rings is 2. The zero-order valence-corrected chi connectivity index (χ0v) is 13.7. The third-order valence-electron chi connectivity index (χ3n) is 4.12. The highest BCUT2D eigenvalue weighted by atomic mass is 16.1. The van der Waals surface area contributed by atoms with Crippen molar-refractivity contribution in [3.05, 3.63) is 76.1 Å². The van der Waals surface area contributed by atoms with Gasteiger partial charge in [0, 0.05) is 11.1 Å². The number of nitrogens with one attached hydrogen (secondary N) is 1. The van der Waals surface area contributed by atoms with E-state index in [9.17, 15) is 4.79 Å². The minimum atomic E-state index is 0.0119. The van der Waals surface area contributed by atoms with Crippen LogP contribution in [0.1, 0.15) is 30.9 Å². The molecule has 0 amide bonds. The average molecular weight is 306 g/mol. The second-order valence-corrected chi connectivity index (χ2v) is 5.91. The van der Waals surface area contributed by atoms with E-state index in [2.05, 4.69) is 43.2 Å². The Hall–Kier alpha value is -2.55. The molecule has 0 aliphatic heterocycles. The number of unbranched alkanes of at least 4 members (excludes halogenated alkanes) is 1. The second-order valence-electron chi connectivity index (χ2n) is 5.91. The van der Waals surface area contributed by atoms with Crippen LogP contribution in [0.2, 0.25) is 0 Å². The Labute approximate surface area is 136 Å². The van der Waals surface area contributed by atoms with E-state index >= 15 is 0 Å². The van der Waals surface area contributed by atoms with Gasteiger partial charge in [-0.3, -0.25) is 14.6 Å². The van der Waals surface area contributed by atoms with Crippen LogP contribution >= 0.6 is 0 Å². The third-order valence-corrected chi connectivity index (χ3v) is 4.12. The van der Waals surface area contributed by atoms with E-state index in [4.69, 9.17) is 0 Å². The van der Waals surface area contributed by atoms with Gasteiger partial charge in [0.05, 0.1) is 11.4 Å². The van der Waals surface area contributed by atoms with Gasteiger partial charge < -0.3 is 0 Å². The first kappa shape index (κ1) is 15.3. The summed E-state index contributed by atoms with van der Waals surface area (Å²) >= 11 is 0. The topological polar surface area (TPSA) is 37.8 Å². The van der Waals surface area contributed by atoms with E-state index in [0.717, 1.165) is 41.8 Å². The molecule has 118 valence electrons. The number of rotatable bonds is 5. The highest BCUT2D eigenvalue weighted by Gasteiger charge is 2.17. The van der Waals surface area contributed by atoms with E-state index in [-0.39, 0.29) is 5.56 Å². The van der Waals surface area contributed by atoms with Gasteiger partial charge in [-0.05, 0) is 31.9 Å². The summed E-state index contributed by atoms with van der Waals surface area (Å²) in [6.45, 7) is 4.21. The summed E-state index contributed by atoms with van der Waals surface area (Å²) in [6.07, 6.45) is 2.89. The van der Waals surface area contributed by atoms with E-state index in [1.807, 2.05) is 35.0 Å². The number of H-pyrrole nitrogens is 1. The van der Waals surface area contributed by atoms with Crippen molar-refractivity contribution in [3.8, 4) is 16.9 Å². The van der Waals surface area contributed by atoms with Crippen molar-refractivity contribution < 1.29 is 0 Å². The Morgan fingerprint density at radius 1 is 1.00 bits per heavy atom. The summed E-state index contributed by atoms with van der Waals surface area (Å²) < 4.78 is 1.92. The fourth-order valence-corrected chi connectivity index (χ4v) is 2.84. The third kappa shape index (κ3) is 3.14. The summed E-state index contributed by atoms with van der Waals surface area (Å²) in [7, 11) is 0. The zero-order valence-electron chi connectivity index (χ0n) is 13.7. The Balaban J connectivity index is 2.19. The lowest BCUT2D eigenvalue weighted by Gasteiger charge is -2.11. The number of aromatic nitrogens is 2. The minimum Gasteiger partial charge on any atom is -0.268 e. The van der Waals surface area contributed by atoms with Crippen LogP contribution in [0.15, 0.2) is 59.4 Å². The van der Waals surface area contributed by atoms with E-state index in [1.165, 1.54) is 5.56 Å². The Morgan fingerprint density at radius 3 is 2.35 bits per heavy atom. The van der Waals surface area contributed by atoms with Gasteiger partial charge in [0.15, 0.2) is 0 Å². The number of aryl methyl sites for hydroxylation is 1. The molecule has 0 saturated heterocycles. The summed E-state index contributed by atoms with van der Waals surface area (Å²) in [4.78, 5) is 12.5. The number of nitrogens with zero attached hydrogens (tertiary/aromatic N) is 1. The quantitative estimate of drug-likeness (QED) is 0.741. The van der Waals surface area contributed by atoms with Crippen molar-refractivity contribution in [2.75, 3.05) is 0 Å². The van der Waals surface area contributed by atoms with Crippen LogP contribution in [0.3, 0.4) is 0 Å². The fraction of sp³-hybridized carbons (Fsp3) is 0.250. The molecule has 2 aromatic carbocycles. The van der Waals surface area contributed by atoms with Crippen molar-refractivity contribution in [2.45, 2.75) is 33.1 Å². The number of hydrogen-bond acceptors (Lipinski definition) is 1. The van der Waals surface area contributed by atoms with Gasteiger partial charge in [-0.25, -0.2) is 0 Å². The molecule has 0 aliphatic rings. The van der Waals surface area contributed by atoms with Gasteiger partial charge >= 0.3 is 0 Å². The molecule has 0 unspecified atom stereocenters. The lowest BCUT2D eigenvalue weighted by atomic mass is 10.0. The smallest absolute Gasteiger partial charge is 0.268 e. The average Bonchev–Trinajstić information content (AvgIpc) is 2.91. The van der Waals surface area contributed by atoms with Crippen molar-refractivity contribution in [1.29, 1.82) is 0 Å². The first-order valence-corrected chi connectivity index (χ1v) is 8.17. The lowest BCUT2D eigenvalue weighted by Crippen LogP contribution is -2.07. The van der Waals surface area contributed by atoms with Crippen LogP contribution in [-0.4, -0.2) is 9.78 Å². The lowest BCUT2D eigenvalue weighted by molar-refractivity contribution is 0.792. The monoisotopic (exact) mass is 306 g/mol. The molecule has 0 fully saturated rings. The molecule has 3 rings (SSSR count). The van der Waals surface area contributed by atoms with Crippen LogP contribution in [-0.2, 0) is 6.42 Å². The van der Waals surface area contributed by atoms with Gasteiger partial charge in [0.25, 0.3) is 5.56 Å². The molecule has 3 heteroatoms. The molecule has 3 nitrogen and oxygen atoms in total. The predicted octanol–water partition coefficient (Wildman–Crippen LogP) is 4.48. The van der Waals surface area contributed by atoms with Crippen LogP contribution in [0.25, 0.3) is 16.9 Å². The first-order valence-electron chi connectivity index (χ1n) is 8.17. The van der Waals surface area contributed by atoms with Crippen molar-refractivity contribution in [3.63, 3.8) is 0 Å². The second kappa shape index (κ2) is 6.69. The largest absolute Gasteiger partial charge is 0.268 e. The van der Waals surface area contributed by atoms with E-state index in [1.54, 1.807) is 0 Å². The Bertz CT molecular complexity index is 826. The first-order chi connectivity index (χ1) is 11.2. The molecule has 0 saturated carbocycles. The van der Waals surface area contributed by atoms with Crippen molar-refractivity contribution >= 4 is 0 Å². The van der Waals surface area contributed by atoms with E-state index in [0.29, 0.717) is 0 Å². The highest BCUT2D eigenvalue weighted by Crippen LogP contribution is 2.25. The van der Waals surface area contributed by atoms with Gasteiger partial charge in [-0.2, -0.15) is 0 Å². The predicted molar refractivity (Wildman–Crippen MR) is 95.2 cm³/mol. The molecule has 0 atom stereocenters. The Morgan fingerprint density at radius 2 is 1.70 bits per heavy atom. The maximum absolute atomic E-state index is 12.5. The normalized spacial score (nSPS) is 10.9. The maximum atomic E-state index is 12.5. The van der Waals surface area contributed by atoms with Crippen LogP contribution in [0.4, 0.5) is 0 Å². The molecule has 0 bridgehead atoms. The fourth-order valence-electron chi connectivity index (χ4n) is 2.84. The molecule has 0 spiro atoms. The van der Waals surface area contributed by atoms with Gasteiger partial charge in [0.1, 0.15) is 0 Å². The summed E-state index contributed by atoms with van der Waals surface area (Å²) in [5.41, 5.74) is 5.12. The van der Waals surface area contributed by atoms with Gasteiger partial charge in [-0.15, -0.1) is 0 Å². The minimum absolute atomic E-state index is 0.0119. The van der Waals surface area contributed by atoms with E-state index < -0.39 is 0 Å². The van der Waals surface area contributed by atoms with Gasteiger partial charge in [-0.1, -0.05) is 61.4 Å². The number of hydrogen-bond donors (Lipinski definition) is 1. The molecule has 23 heavy (non-hydrogen) atoms. The molecule has 1 N–H and O–H groups in total. The Kier molecular flexibility index (Phi) is 4.47. The SMILES string of the molecule is CCCCc1c(-c2ccccc2)n(-c2ccc(C)cc2)[nH]c1=O. The summed E-state index contributed by atoms with van der Waals surface area (Å²) in [5, 5.41) is 3.02. The van der Waals surface area contributed by atoms with Crippen LogP contribution in [0.5, 0.6) is 0 Å². The van der Waals surface area contributed by atoms with Gasteiger partial charge in [0.2, 0.25) is 0 Å². The highest BCUT2D eigenvalue weighted by molar-refractivity contribution is 5.65. The molecular formula is C20H22N2O. The zero-order chi connectivity index (χ0) is 16.2. The van der Waals surface area contributed by atoms with Crippen LogP contribution in [0, 0.1) is 6.92 Å².